The van der Waals surface area contributed by atoms with E-state index < -0.39 is 0 Å². The maximum atomic E-state index is 9.92. The molecule has 3 aliphatic rings. The quantitative estimate of drug-likeness (QED) is 0.669. The summed E-state index contributed by atoms with van der Waals surface area (Å²) in [5.41, 5.74) is 1.95. The van der Waals surface area contributed by atoms with Crippen LogP contribution in [0.5, 0.6) is 5.75 Å². The molecule has 84 valence electrons. The number of hydrogen-bond donors (Lipinski definition) is 1. The molecule has 3 heterocycles. The number of epoxide rings is 2. The Labute approximate surface area is 92.7 Å². The zero-order valence-electron chi connectivity index (χ0n) is 8.63. The summed E-state index contributed by atoms with van der Waals surface area (Å²) in [5, 5.41) is 9.92. The SMILES string of the molecule is Oc1cccc2c1C1OC1COCC1OC21. The summed E-state index contributed by atoms with van der Waals surface area (Å²) in [7, 11) is 0. The van der Waals surface area contributed by atoms with E-state index >= 15 is 0 Å². The van der Waals surface area contributed by atoms with Gasteiger partial charge in [0.25, 0.3) is 0 Å². The van der Waals surface area contributed by atoms with Gasteiger partial charge in [0, 0.05) is 5.56 Å². The molecule has 1 aromatic carbocycles. The Kier molecular flexibility index (Phi) is 1.67. The summed E-state index contributed by atoms with van der Waals surface area (Å²) in [6.07, 6.45) is 0.312. The second-order valence-electron chi connectivity index (χ2n) is 4.51. The van der Waals surface area contributed by atoms with Crippen LogP contribution in [0.4, 0.5) is 0 Å². The molecule has 0 spiro atoms. The minimum Gasteiger partial charge on any atom is -0.508 e. The van der Waals surface area contributed by atoms with Gasteiger partial charge in [0.1, 0.15) is 30.2 Å². The zero-order valence-corrected chi connectivity index (χ0v) is 8.63. The predicted molar refractivity (Wildman–Crippen MR) is 54.2 cm³/mol. The van der Waals surface area contributed by atoms with Crippen molar-refractivity contribution in [2.45, 2.75) is 24.4 Å². The van der Waals surface area contributed by atoms with Crippen molar-refractivity contribution in [3.05, 3.63) is 29.3 Å². The predicted octanol–water partition coefficient (Wildman–Crippen LogP) is 1.30. The zero-order chi connectivity index (χ0) is 10.7. The van der Waals surface area contributed by atoms with Crippen molar-refractivity contribution in [2.75, 3.05) is 13.2 Å². The van der Waals surface area contributed by atoms with E-state index in [9.17, 15) is 5.11 Å². The van der Waals surface area contributed by atoms with E-state index in [1.165, 1.54) is 0 Å². The van der Waals surface area contributed by atoms with Crippen LogP contribution in [0.3, 0.4) is 0 Å². The van der Waals surface area contributed by atoms with E-state index in [0.717, 1.165) is 11.1 Å². The van der Waals surface area contributed by atoms with Gasteiger partial charge in [0.2, 0.25) is 0 Å². The molecule has 4 rings (SSSR count). The first kappa shape index (κ1) is 8.98. The number of aromatic hydroxyl groups is 1. The first-order valence-electron chi connectivity index (χ1n) is 5.55. The topological polar surface area (TPSA) is 54.5 Å². The number of phenols is 1. The van der Waals surface area contributed by atoms with Gasteiger partial charge in [-0.1, -0.05) is 12.1 Å². The average molecular weight is 220 g/mol. The van der Waals surface area contributed by atoms with E-state index in [0.29, 0.717) is 19.0 Å². The van der Waals surface area contributed by atoms with Gasteiger partial charge in [-0.3, -0.25) is 0 Å². The molecule has 2 fully saturated rings. The monoisotopic (exact) mass is 220 g/mol. The summed E-state index contributed by atoms with van der Waals surface area (Å²) in [6.45, 7) is 1.21. The molecule has 0 bridgehead atoms. The van der Waals surface area contributed by atoms with E-state index in [-0.39, 0.29) is 24.4 Å². The maximum Gasteiger partial charge on any atom is 0.121 e. The Morgan fingerprint density at radius 1 is 1.06 bits per heavy atom. The van der Waals surface area contributed by atoms with Gasteiger partial charge in [0.15, 0.2) is 0 Å². The molecule has 4 atom stereocenters. The van der Waals surface area contributed by atoms with Gasteiger partial charge >= 0.3 is 0 Å². The Bertz CT molecular complexity index is 445. The Morgan fingerprint density at radius 3 is 2.69 bits per heavy atom. The normalized spacial score (nSPS) is 39.5. The van der Waals surface area contributed by atoms with Crippen molar-refractivity contribution in [3.63, 3.8) is 0 Å². The van der Waals surface area contributed by atoms with E-state index in [2.05, 4.69) is 0 Å². The first-order valence-corrected chi connectivity index (χ1v) is 5.55. The molecule has 0 aromatic heterocycles. The average Bonchev–Trinajstić information content (AvgIpc) is 3.14. The highest BCUT2D eigenvalue weighted by Gasteiger charge is 2.50. The summed E-state index contributed by atoms with van der Waals surface area (Å²) in [5.74, 6) is 0.307. The summed E-state index contributed by atoms with van der Waals surface area (Å²) in [6, 6.07) is 5.56. The molecule has 1 aromatic rings. The third-order valence-corrected chi connectivity index (χ3v) is 3.44. The molecule has 4 heteroatoms. The van der Waals surface area contributed by atoms with Crippen LogP contribution in [-0.2, 0) is 14.2 Å². The maximum absolute atomic E-state index is 9.92. The molecular formula is C12H12O4. The first-order chi connectivity index (χ1) is 7.84. The molecule has 16 heavy (non-hydrogen) atoms. The Morgan fingerprint density at radius 2 is 1.81 bits per heavy atom. The molecule has 0 radical (unpaired) electrons. The number of hydrogen-bond acceptors (Lipinski definition) is 4. The lowest BCUT2D eigenvalue weighted by Gasteiger charge is -2.06. The van der Waals surface area contributed by atoms with Gasteiger partial charge in [-0.05, 0) is 11.6 Å². The molecule has 4 unspecified atom stereocenters. The van der Waals surface area contributed by atoms with Crippen LogP contribution in [0, 0.1) is 0 Å². The van der Waals surface area contributed by atoms with Crippen LogP contribution >= 0.6 is 0 Å². The van der Waals surface area contributed by atoms with E-state index in [4.69, 9.17) is 14.2 Å². The summed E-state index contributed by atoms with van der Waals surface area (Å²) >= 11 is 0. The van der Waals surface area contributed by atoms with Crippen molar-refractivity contribution in [2.24, 2.45) is 0 Å². The third-order valence-electron chi connectivity index (χ3n) is 3.44. The lowest BCUT2D eigenvalue weighted by molar-refractivity contribution is 0.102. The Hall–Kier alpha value is -1.10. The molecular weight excluding hydrogens is 208 g/mol. The highest BCUT2D eigenvalue weighted by Crippen LogP contribution is 2.51. The standard InChI is InChI=1S/C12H12O4/c13-7-3-1-2-6-10(7)12-9(16-12)5-14-4-8-11(6)15-8/h1-3,8-9,11-13H,4-5H2. The lowest BCUT2D eigenvalue weighted by Crippen LogP contribution is -2.06. The minimum absolute atomic E-state index is 0.0147. The molecule has 2 saturated heterocycles. The third kappa shape index (κ3) is 1.21. The molecule has 0 aliphatic carbocycles. The van der Waals surface area contributed by atoms with Crippen molar-refractivity contribution in [3.8, 4) is 5.75 Å². The fourth-order valence-corrected chi connectivity index (χ4v) is 2.50. The largest absolute Gasteiger partial charge is 0.508 e. The highest BCUT2D eigenvalue weighted by atomic mass is 16.6. The number of ether oxygens (including phenoxy) is 3. The van der Waals surface area contributed by atoms with Crippen LogP contribution in [0.2, 0.25) is 0 Å². The molecule has 0 saturated carbocycles. The van der Waals surface area contributed by atoms with Crippen LogP contribution in [0.15, 0.2) is 18.2 Å². The highest BCUT2D eigenvalue weighted by molar-refractivity contribution is 5.46. The molecule has 1 N–H and O–H groups in total. The second kappa shape index (κ2) is 2.97. The molecule has 0 amide bonds. The van der Waals surface area contributed by atoms with Gasteiger partial charge in [-0.25, -0.2) is 0 Å². The van der Waals surface area contributed by atoms with Gasteiger partial charge < -0.3 is 19.3 Å². The van der Waals surface area contributed by atoms with Crippen LogP contribution in [0.1, 0.15) is 23.3 Å². The second-order valence-corrected chi connectivity index (χ2v) is 4.51. The Balaban J connectivity index is 1.83. The van der Waals surface area contributed by atoms with Crippen LogP contribution in [-0.4, -0.2) is 30.5 Å². The smallest absolute Gasteiger partial charge is 0.121 e. The van der Waals surface area contributed by atoms with Crippen molar-refractivity contribution in [1.29, 1.82) is 0 Å². The van der Waals surface area contributed by atoms with Crippen molar-refractivity contribution in [1.82, 2.24) is 0 Å². The van der Waals surface area contributed by atoms with Crippen molar-refractivity contribution < 1.29 is 19.3 Å². The summed E-state index contributed by atoms with van der Waals surface area (Å²) < 4.78 is 16.6. The molecule has 3 aliphatic heterocycles. The van der Waals surface area contributed by atoms with E-state index in [1.807, 2.05) is 12.1 Å². The van der Waals surface area contributed by atoms with Crippen molar-refractivity contribution >= 4 is 0 Å². The lowest BCUT2D eigenvalue weighted by atomic mass is 9.98. The fourth-order valence-electron chi connectivity index (χ4n) is 2.50. The van der Waals surface area contributed by atoms with Crippen LogP contribution < -0.4 is 0 Å². The van der Waals surface area contributed by atoms with Gasteiger partial charge in [-0.15, -0.1) is 0 Å². The number of benzene rings is 1. The number of phenolic OH excluding ortho intramolecular Hbond substituents is 1. The molecule has 4 nitrogen and oxygen atoms in total. The van der Waals surface area contributed by atoms with Gasteiger partial charge in [0.05, 0.1) is 13.2 Å². The van der Waals surface area contributed by atoms with Gasteiger partial charge in [-0.2, -0.15) is 0 Å². The number of rotatable bonds is 0. The van der Waals surface area contributed by atoms with E-state index in [1.54, 1.807) is 6.07 Å². The fraction of sp³-hybridized carbons (Fsp3) is 0.500. The number of fused-ring (bicyclic) bond motifs is 5. The minimum atomic E-state index is -0.0147. The van der Waals surface area contributed by atoms with Crippen LogP contribution in [0.25, 0.3) is 0 Å². The summed E-state index contributed by atoms with van der Waals surface area (Å²) in [4.78, 5) is 0.